The van der Waals surface area contributed by atoms with E-state index >= 15 is 0 Å². The molecule has 84 valence electrons. The van der Waals surface area contributed by atoms with E-state index in [0.717, 1.165) is 12.8 Å². The number of hydrogen-bond donors (Lipinski definition) is 0. The van der Waals surface area contributed by atoms with E-state index in [0.29, 0.717) is 6.42 Å². The fourth-order valence-electron chi connectivity index (χ4n) is 0.723. The Morgan fingerprint density at radius 2 is 1.93 bits per heavy atom. The van der Waals surface area contributed by atoms with Crippen LogP contribution in [0, 0.1) is 5.41 Å². The van der Waals surface area contributed by atoms with Crippen LogP contribution in [0.1, 0.15) is 53.9 Å². The lowest BCUT2D eigenvalue weighted by Crippen LogP contribution is -2.15. The highest BCUT2D eigenvalue weighted by atomic mass is 17.2. The Morgan fingerprint density at radius 3 is 2.36 bits per heavy atom. The van der Waals surface area contributed by atoms with Crippen molar-refractivity contribution in [3.63, 3.8) is 0 Å². The van der Waals surface area contributed by atoms with Gasteiger partial charge in [0.05, 0.1) is 0 Å². The van der Waals surface area contributed by atoms with E-state index in [1.54, 1.807) is 0 Å². The number of hydrogen-bond acceptors (Lipinski definition) is 3. The Balaban J connectivity index is 3.57. The van der Waals surface area contributed by atoms with Gasteiger partial charge in [-0.1, -0.05) is 27.7 Å². The zero-order chi connectivity index (χ0) is 11.2. The number of rotatable bonds is 5. The van der Waals surface area contributed by atoms with Crippen molar-refractivity contribution in [2.75, 3.05) is 0 Å². The van der Waals surface area contributed by atoms with Gasteiger partial charge in [-0.2, -0.15) is 4.89 Å². The van der Waals surface area contributed by atoms with Crippen molar-refractivity contribution in [1.82, 2.24) is 0 Å². The highest BCUT2D eigenvalue weighted by Crippen LogP contribution is 2.20. The first-order valence-electron chi connectivity index (χ1n) is 5.21. The molecule has 14 heavy (non-hydrogen) atoms. The molecule has 0 saturated carbocycles. The molecule has 1 unspecified atom stereocenters. The monoisotopic (exact) mass is 202 g/mol. The highest BCUT2D eigenvalue weighted by Gasteiger charge is 2.14. The maximum atomic E-state index is 11.2. The van der Waals surface area contributed by atoms with Gasteiger partial charge in [-0.3, -0.25) is 4.89 Å². The third-order valence-corrected chi connectivity index (χ3v) is 1.96. The summed E-state index contributed by atoms with van der Waals surface area (Å²) >= 11 is 0. The lowest BCUT2D eigenvalue weighted by atomic mass is 9.91. The Kier molecular flexibility index (Phi) is 5.77. The summed E-state index contributed by atoms with van der Waals surface area (Å²) in [5, 5.41) is 0. The third-order valence-electron chi connectivity index (χ3n) is 1.96. The summed E-state index contributed by atoms with van der Waals surface area (Å²) in [7, 11) is 0. The molecule has 0 spiro atoms. The van der Waals surface area contributed by atoms with E-state index in [1.807, 2.05) is 13.8 Å². The van der Waals surface area contributed by atoms with E-state index in [-0.39, 0.29) is 17.5 Å². The average molecular weight is 202 g/mol. The summed E-state index contributed by atoms with van der Waals surface area (Å²) in [6.07, 6.45) is 2.05. The van der Waals surface area contributed by atoms with Gasteiger partial charge in [0.15, 0.2) is 0 Å². The lowest BCUT2D eigenvalue weighted by Gasteiger charge is -2.16. The Labute approximate surface area is 86.7 Å². The van der Waals surface area contributed by atoms with Gasteiger partial charge in [-0.25, -0.2) is 4.79 Å². The van der Waals surface area contributed by atoms with E-state index in [1.165, 1.54) is 0 Å². The van der Waals surface area contributed by atoms with Gasteiger partial charge in [-0.05, 0) is 25.2 Å². The molecule has 0 aromatic carbocycles. The van der Waals surface area contributed by atoms with Crippen LogP contribution in [0.2, 0.25) is 0 Å². The fourth-order valence-corrected chi connectivity index (χ4v) is 0.723. The van der Waals surface area contributed by atoms with Crippen LogP contribution in [0.4, 0.5) is 0 Å². The van der Waals surface area contributed by atoms with Crippen molar-refractivity contribution in [1.29, 1.82) is 0 Å². The summed E-state index contributed by atoms with van der Waals surface area (Å²) in [6.45, 7) is 10.1. The fraction of sp³-hybridized carbons (Fsp3) is 0.909. The van der Waals surface area contributed by atoms with Crippen LogP contribution >= 0.6 is 0 Å². The Morgan fingerprint density at radius 1 is 1.36 bits per heavy atom. The van der Waals surface area contributed by atoms with Crippen LogP contribution in [-0.2, 0) is 14.6 Å². The maximum absolute atomic E-state index is 11.2. The molecule has 0 aliphatic heterocycles. The second-order valence-electron chi connectivity index (χ2n) is 4.83. The molecule has 0 aliphatic rings. The average Bonchev–Trinajstić information content (AvgIpc) is 2.09. The van der Waals surface area contributed by atoms with Crippen LogP contribution in [0.3, 0.4) is 0 Å². The van der Waals surface area contributed by atoms with Crippen molar-refractivity contribution in [2.24, 2.45) is 5.41 Å². The van der Waals surface area contributed by atoms with Crippen molar-refractivity contribution in [3.8, 4) is 0 Å². The van der Waals surface area contributed by atoms with Crippen LogP contribution in [0.5, 0.6) is 0 Å². The van der Waals surface area contributed by atoms with E-state index in [9.17, 15) is 4.79 Å². The topological polar surface area (TPSA) is 35.5 Å². The van der Waals surface area contributed by atoms with E-state index in [2.05, 4.69) is 25.7 Å². The second kappa shape index (κ2) is 6.02. The zero-order valence-electron chi connectivity index (χ0n) is 9.92. The third kappa shape index (κ3) is 8.05. The Bertz CT molecular complexity index is 170. The molecule has 0 radical (unpaired) electrons. The van der Waals surface area contributed by atoms with Crippen molar-refractivity contribution in [2.45, 2.75) is 60.0 Å². The van der Waals surface area contributed by atoms with Crippen LogP contribution < -0.4 is 0 Å². The van der Waals surface area contributed by atoms with Gasteiger partial charge in [0, 0.05) is 6.42 Å². The molecule has 0 aromatic heterocycles. The molecule has 0 amide bonds. The molecule has 0 N–H and O–H groups in total. The standard InChI is InChI=1S/C11H22O3/c1-6-9(2)13-14-10(12)7-8-11(3,4)5/h9H,6-8H2,1-5H3. The van der Waals surface area contributed by atoms with Crippen molar-refractivity contribution >= 4 is 5.97 Å². The first kappa shape index (κ1) is 13.4. The molecule has 0 rings (SSSR count). The van der Waals surface area contributed by atoms with Gasteiger partial charge in [0.1, 0.15) is 6.10 Å². The van der Waals surface area contributed by atoms with Gasteiger partial charge in [0.25, 0.3) is 0 Å². The minimum atomic E-state index is -0.278. The molecule has 0 fully saturated rings. The Hall–Kier alpha value is -0.570. The molecule has 0 saturated heterocycles. The number of carbonyl (C=O) groups excluding carboxylic acids is 1. The molecule has 0 heterocycles. The van der Waals surface area contributed by atoms with Crippen LogP contribution in [0.15, 0.2) is 0 Å². The smallest absolute Gasteiger partial charge is 0.298 e. The molecular weight excluding hydrogens is 180 g/mol. The normalized spacial score (nSPS) is 13.8. The molecule has 0 aliphatic carbocycles. The van der Waals surface area contributed by atoms with Gasteiger partial charge in [0.2, 0.25) is 0 Å². The zero-order valence-corrected chi connectivity index (χ0v) is 9.92. The summed E-state index contributed by atoms with van der Waals surface area (Å²) in [5.41, 5.74) is 0.162. The second-order valence-corrected chi connectivity index (χ2v) is 4.83. The highest BCUT2D eigenvalue weighted by molar-refractivity contribution is 5.68. The lowest BCUT2D eigenvalue weighted by molar-refractivity contribution is -0.295. The van der Waals surface area contributed by atoms with E-state index in [4.69, 9.17) is 4.89 Å². The minimum absolute atomic E-state index is 0.0198. The summed E-state index contributed by atoms with van der Waals surface area (Å²) < 4.78 is 0. The van der Waals surface area contributed by atoms with Crippen molar-refractivity contribution < 1.29 is 14.6 Å². The molecule has 1 atom stereocenters. The molecular formula is C11H22O3. The van der Waals surface area contributed by atoms with Crippen LogP contribution in [-0.4, -0.2) is 12.1 Å². The molecule has 3 heteroatoms. The quantitative estimate of drug-likeness (QED) is 0.507. The predicted octanol–water partition coefficient (Wildman–Crippen LogP) is 3.09. The minimum Gasteiger partial charge on any atom is -0.298 e. The summed E-state index contributed by atoms with van der Waals surface area (Å²) in [4.78, 5) is 20.7. The number of carbonyl (C=O) groups is 1. The largest absolute Gasteiger partial charge is 0.342 e. The SMILES string of the molecule is CCC(C)OOC(=O)CCC(C)(C)C. The molecule has 0 bridgehead atoms. The molecule has 3 nitrogen and oxygen atoms in total. The summed E-state index contributed by atoms with van der Waals surface area (Å²) in [6, 6.07) is 0. The molecule has 0 aromatic rings. The van der Waals surface area contributed by atoms with Gasteiger partial charge >= 0.3 is 5.97 Å². The first-order chi connectivity index (χ1) is 6.35. The first-order valence-corrected chi connectivity index (χ1v) is 5.21. The van der Waals surface area contributed by atoms with E-state index < -0.39 is 0 Å². The van der Waals surface area contributed by atoms with Gasteiger partial charge < -0.3 is 0 Å². The summed E-state index contributed by atoms with van der Waals surface area (Å²) in [5.74, 6) is -0.278. The van der Waals surface area contributed by atoms with Gasteiger partial charge in [-0.15, -0.1) is 0 Å². The predicted molar refractivity (Wildman–Crippen MR) is 55.6 cm³/mol. The maximum Gasteiger partial charge on any atom is 0.342 e. The van der Waals surface area contributed by atoms with Crippen molar-refractivity contribution in [3.05, 3.63) is 0 Å². The van der Waals surface area contributed by atoms with Crippen LogP contribution in [0.25, 0.3) is 0 Å².